The van der Waals surface area contributed by atoms with E-state index in [0.717, 1.165) is 32.1 Å². The van der Waals surface area contributed by atoms with Crippen LogP contribution in [-0.4, -0.2) is 5.97 Å². The van der Waals surface area contributed by atoms with Crippen molar-refractivity contribution in [3.05, 3.63) is 0 Å². The van der Waals surface area contributed by atoms with Crippen molar-refractivity contribution in [1.82, 2.24) is 0 Å². The van der Waals surface area contributed by atoms with E-state index in [2.05, 4.69) is 6.92 Å². The molecule has 0 saturated heterocycles. The Balaban J connectivity index is 0. The summed E-state index contributed by atoms with van der Waals surface area (Å²) in [5.41, 5.74) is 0. The zero-order chi connectivity index (χ0) is 10.1. The first-order valence-corrected chi connectivity index (χ1v) is 5.43. The fraction of sp³-hybridized carbons (Fsp3) is 0.909. The summed E-state index contributed by atoms with van der Waals surface area (Å²) >= 11 is 0. The molecule has 0 saturated carbocycles. The molecule has 0 radical (unpaired) electrons. The number of carbonyl (C=O) groups excluding carboxylic acids is 1. The van der Waals surface area contributed by atoms with Crippen LogP contribution >= 0.6 is 0 Å². The van der Waals surface area contributed by atoms with Crippen LogP contribution in [0.1, 0.15) is 58.8 Å². The van der Waals surface area contributed by atoms with E-state index in [4.69, 9.17) is 0 Å². The summed E-state index contributed by atoms with van der Waals surface area (Å²) in [6, 6.07) is 0. The van der Waals surface area contributed by atoms with Crippen LogP contribution in [0.5, 0.6) is 0 Å². The van der Waals surface area contributed by atoms with E-state index in [0.29, 0.717) is 0 Å². The molecule has 0 amide bonds. The van der Waals surface area contributed by atoms with Crippen molar-refractivity contribution in [3.8, 4) is 0 Å². The van der Waals surface area contributed by atoms with Gasteiger partial charge in [-0.2, -0.15) is 0 Å². The van der Waals surface area contributed by atoms with Gasteiger partial charge in [0.25, 0.3) is 0 Å². The number of carbonyl (C=O) groups is 1. The Morgan fingerprint density at radius 3 is 2.14 bits per heavy atom. The molecule has 3 heteroatoms. The second-order valence-corrected chi connectivity index (χ2v) is 3.65. The van der Waals surface area contributed by atoms with E-state index in [1.165, 1.54) is 12.8 Å². The maximum Gasteiger partial charge on any atom is 1.00 e. The third-order valence-electron chi connectivity index (χ3n) is 2.38. The normalized spacial score (nSPS) is 11.9. The summed E-state index contributed by atoms with van der Waals surface area (Å²) in [7, 11) is 0. The van der Waals surface area contributed by atoms with Crippen LogP contribution in [0.4, 0.5) is 0 Å². The van der Waals surface area contributed by atoms with E-state index >= 15 is 0 Å². The molecule has 0 aromatic carbocycles. The monoisotopic (exact) mass is 208 g/mol. The van der Waals surface area contributed by atoms with Crippen LogP contribution in [0.15, 0.2) is 0 Å². The van der Waals surface area contributed by atoms with Crippen LogP contribution in [-0.2, 0) is 4.79 Å². The number of rotatable bonds is 8. The molecule has 0 fully saturated rings. The zero-order valence-electron chi connectivity index (χ0n) is 9.84. The van der Waals surface area contributed by atoms with Crippen LogP contribution in [0, 0.1) is 5.92 Å². The fourth-order valence-electron chi connectivity index (χ4n) is 1.55. The average molecular weight is 208 g/mol. The van der Waals surface area contributed by atoms with Crippen molar-refractivity contribution < 1.29 is 39.5 Å². The molecule has 0 aliphatic heterocycles. The summed E-state index contributed by atoms with van der Waals surface area (Å²) in [5, 5.41) is 10.6. The van der Waals surface area contributed by atoms with Crippen LogP contribution in [0.25, 0.3) is 0 Å². The third-order valence-corrected chi connectivity index (χ3v) is 2.38. The number of hydrogen-bond donors (Lipinski definition) is 0. The van der Waals surface area contributed by atoms with E-state index in [1.807, 2.05) is 6.92 Å². The van der Waals surface area contributed by atoms with Gasteiger partial charge in [0.1, 0.15) is 0 Å². The van der Waals surface area contributed by atoms with Gasteiger partial charge in [-0.1, -0.05) is 46.0 Å². The smallest absolute Gasteiger partial charge is 0.550 e. The van der Waals surface area contributed by atoms with Gasteiger partial charge in [-0.3, -0.25) is 0 Å². The Hall–Kier alpha value is 0.470. The maximum atomic E-state index is 10.6. The van der Waals surface area contributed by atoms with Crippen LogP contribution in [0.3, 0.4) is 0 Å². The molecule has 0 aliphatic rings. The predicted molar refractivity (Wildman–Crippen MR) is 52.2 cm³/mol. The zero-order valence-corrected chi connectivity index (χ0v) is 11.8. The Labute approximate surface area is 110 Å². The summed E-state index contributed by atoms with van der Waals surface area (Å²) in [5.74, 6) is -1.07. The Morgan fingerprint density at radius 1 is 1.07 bits per heavy atom. The molecule has 1 unspecified atom stereocenters. The number of aliphatic carboxylic acids is 1. The first-order valence-electron chi connectivity index (χ1n) is 5.43. The molecule has 0 spiro atoms. The number of unbranched alkanes of at least 4 members (excludes halogenated alkanes) is 3. The first-order chi connectivity index (χ1) is 6.22. The number of carboxylic acid groups (broad SMARTS) is 1. The van der Waals surface area contributed by atoms with Gasteiger partial charge in [0.05, 0.1) is 0 Å². The fourth-order valence-corrected chi connectivity index (χ4v) is 1.55. The molecule has 0 aromatic heterocycles. The topological polar surface area (TPSA) is 40.1 Å². The SMILES string of the molecule is CCCCCCC(CCC)C(=O)[O-].[Na+]. The largest absolute Gasteiger partial charge is 1.00 e. The minimum atomic E-state index is -0.863. The van der Waals surface area contributed by atoms with Gasteiger partial charge in [0, 0.05) is 5.97 Å². The molecule has 78 valence electrons. The first kappa shape index (κ1) is 16.9. The van der Waals surface area contributed by atoms with Gasteiger partial charge in [-0.25, -0.2) is 0 Å². The van der Waals surface area contributed by atoms with Crippen molar-refractivity contribution >= 4 is 5.97 Å². The Morgan fingerprint density at radius 2 is 1.71 bits per heavy atom. The summed E-state index contributed by atoms with van der Waals surface area (Å²) in [4.78, 5) is 10.6. The van der Waals surface area contributed by atoms with Gasteiger partial charge < -0.3 is 9.90 Å². The van der Waals surface area contributed by atoms with E-state index in [-0.39, 0.29) is 35.5 Å². The van der Waals surface area contributed by atoms with Crippen molar-refractivity contribution in [2.75, 3.05) is 0 Å². The summed E-state index contributed by atoms with van der Waals surface area (Å²) in [6.45, 7) is 4.17. The molecule has 0 aliphatic carbocycles. The second-order valence-electron chi connectivity index (χ2n) is 3.65. The predicted octanol–water partition coefficient (Wildman–Crippen LogP) is -0.873. The minimum Gasteiger partial charge on any atom is -0.550 e. The van der Waals surface area contributed by atoms with Crippen LogP contribution in [0.2, 0.25) is 0 Å². The minimum absolute atomic E-state index is 0. The average Bonchev–Trinajstić information content (AvgIpc) is 2.10. The molecule has 14 heavy (non-hydrogen) atoms. The molecule has 0 heterocycles. The van der Waals surface area contributed by atoms with E-state index in [1.54, 1.807) is 0 Å². The van der Waals surface area contributed by atoms with Crippen molar-refractivity contribution in [2.45, 2.75) is 58.8 Å². The summed E-state index contributed by atoms with van der Waals surface area (Å²) < 4.78 is 0. The number of hydrogen-bond acceptors (Lipinski definition) is 2. The molecule has 0 N–H and O–H groups in total. The maximum absolute atomic E-state index is 10.6. The molecule has 1 atom stereocenters. The second kappa shape index (κ2) is 11.5. The summed E-state index contributed by atoms with van der Waals surface area (Å²) in [6.07, 6.45) is 7.11. The molecular weight excluding hydrogens is 187 g/mol. The molecule has 0 bridgehead atoms. The van der Waals surface area contributed by atoms with Crippen molar-refractivity contribution in [3.63, 3.8) is 0 Å². The van der Waals surface area contributed by atoms with Crippen molar-refractivity contribution in [2.24, 2.45) is 5.92 Å². The molecule has 2 nitrogen and oxygen atoms in total. The quantitative estimate of drug-likeness (QED) is 0.384. The Kier molecular flexibility index (Phi) is 13.9. The van der Waals surface area contributed by atoms with Gasteiger partial charge in [0.2, 0.25) is 0 Å². The van der Waals surface area contributed by atoms with Gasteiger partial charge in [-0.05, 0) is 18.8 Å². The standard InChI is InChI=1S/C11H22O2.Na/c1-3-5-6-7-9-10(8-4-2)11(12)13;/h10H,3-9H2,1-2H3,(H,12,13);/q;+1/p-1. The van der Waals surface area contributed by atoms with Gasteiger partial charge in [-0.15, -0.1) is 0 Å². The number of carboxylic acids is 1. The Bertz CT molecular complexity index is 137. The molecule has 0 rings (SSSR count). The molecule has 0 aromatic rings. The van der Waals surface area contributed by atoms with Gasteiger partial charge >= 0.3 is 29.6 Å². The van der Waals surface area contributed by atoms with Crippen LogP contribution < -0.4 is 34.7 Å². The van der Waals surface area contributed by atoms with E-state index in [9.17, 15) is 9.90 Å². The molecular formula is C11H21NaO2. The van der Waals surface area contributed by atoms with Gasteiger partial charge in [0.15, 0.2) is 0 Å². The third kappa shape index (κ3) is 9.04. The van der Waals surface area contributed by atoms with E-state index < -0.39 is 5.97 Å². The van der Waals surface area contributed by atoms with Crippen molar-refractivity contribution in [1.29, 1.82) is 0 Å².